The molecule has 0 atom stereocenters. The van der Waals surface area contributed by atoms with Crippen molar-refractivity contribution in [2.75, 3.05) is 0 Å². The number of hydrogen-bond donors (Lipinski definition) is 0. The summed E-state index contributed by atoms with van der Waals surface area (Å²) in [5.41, 5.74) is 37.6. The maximum absolute atomic E-state index is 2.40. The first kappa shape index (κ1) is 43.4. The molecule has 0 N–H and O–H groups in total. The van der Waals surface area contributed by atoms with Crippen LogP contribution in [0.1, 0.15) is 100 Å². The van der Waals surface area contributed by atoms with Crippen LogP contribution >= 0.6 is 0 Å². The van der Waals surface area contributed by atoms with E-state index in [-0.39, 0.29) is 0 Å². The first-order valence-electron chi connectivity index (χ1n) is 25.4. The molecule has 0 radical (unpaired) electrons. The molecule has 0 saturated carbocycles. The summed E-state index contributed by atoms with van der Waals surface area (Å²) in [6, 6.07) is 83.2. The summed E-state index contributed by atoms with van der Waals surface area (Å²) in [6.45, 7) is 13.1. The molecule has 0 unspecified atom stereocenters. The van der Waals surface area contributed by atoms with E-state index < -0.39 is 0 Å². The van der Waals surface area contributed by atoms with Gasteiger partial charge in [0, 0.05) is 0 Å². The molecule has 0 fully saturated rings. The lowest BCUT2D eigenvalue weighted by Gasteiger charge is -2.23. The molecular weight excluding hydrogens is 865 g/mol. The van der Waals surface area contributed by atoms with E-state index in [1.54, 1.807) is 0 Å². The van der Waals surface area contributed by atoms with Gasteiger partial charge in [0.25, 0.3) is 0 Å². The summed E-state index contributed by atoms with van der Waals surface area (Å²) in [5.74, 6) is 0. The Morgan fingerprint density at radius 1 is 0.181 bits per heavy atom. The van der Waals surface area contributed by atoms with Gasteiger partial charge in [0.15, 0.2) is 0 Å². The number of benzene rings is 10. The monoisotopic (exact) mass is 918 g/mol. The molecule has 72 heavy (non-hydrogen) atoms. The van der Waals surface area contributed by atoms with Gasteiger partial charge < -0.3 is 0 Å². The van der Waals surface area contributed by atoms with Gasteiger partial charge in [-0.05, 0) is 175 Å². The molecule has 10 aromatic rings. The molecule has 0 spiro atoms. The lowest BCUT2D eigenvalue weighted by atomic mass is 9.79. The minimum Gasteiger partial charge on any atom is -0.0616 e. The molecule has 342 valence electrons. The molecule has 0 aromatic heterocycles. The van der Waals surface area contributed by atoms with Crippen LogP contribution in [-0.4, -0.2) is 0 Å². The Morgan fingerprint density at radius 3 is 0.528 bits per heavy atom. The van der Waals surface area contributed by atoms with Crippen molar-refractivity contribution in [1.82, 2.24) is 0 Å². The first-order chi connectivity index (χ1) is 35.2. The lowest BCUT2D eigenvalue weighted by Crippen LogP contribution is -2.02. The molecule has 0 nitrogen and oxygen atoms in total. The largest absolute Gasteiger partial charge is 0.0616 e. The SMILES string of the molecule is Cc1ccc(C(=C2c3ccccc3-c3c2c2c(c4c3C(=C(c3ccc(C)cc3)c3ccc(C)cc3)c3ccccc3-4)C(=C(c3ccc(C)cc3)c3ccc(C)cc3)c3ccccc3-2)c2ccc(C)cc2)cc1. The van der Waals surface area contributed by atoms with Crippen LogP contribution in [0.4, 0.5) is 0 Å². The molecular formula is C72H54. The average molecular weight is 919 g/mol. The lowest BCUT2D eigenvalue weighted by molar-refractivity contribution is 1.42. The van der Waals surface area contributed by atoms with Gasteiger partial charge in [-0.1, -0.05) is 252 Å². The minimum absolute atomic E-state index is 1.21. The third kappa shape index (κ3) is 6.89. The molecule has 3 aliphatic carbocycles. The van der Waals surface area contributed by atoms with Crippen molar-refractivity contribution in [3.8, 4) is 33.4 Å². The van der Waals surface area contributed by atoms with Crippen molar-refractivity contribution < 1.29 is 0 Å². The first-order valence-corrected chi connectivity index (χ1v) is 25.4. The van der Waals surface area contributed by atoms with Gasteiger partial charge >= 0.3 is 0 Å². The molecule has 0 aliphatic heterocycles. The van der Waals surface area contributed by atoms with Crippen molar-refractivity contribution >= 4 is 33.4 Å². The van der Waals surface area contributed by atoms with E-state index in [9.17, 15) is 0 Å². The van der Waals surface area contributed by atoms with Gasteiger partial charge in [-0.15, -0.1) is 0 Å². The smallest absolute Gasteiger partial charge is 0.0000706 e. The second kappa shape index (κ2) is 17.1. The van der Waals surface area contributed by atoms with Crippen LogP contribution in [0, 0.1) is 41.5 Å². The van der Waals surface area contributed by atoms with Crippen molar-refractivity contribution in [2.24, 2.45) is 0 Å². The maximum atomic E-state index is 2.40. The van der Waals surface area contributed by atoms with Gasteiger partial charge in [0.2, 0.25) is 0 Å². The average Bonchev–Trinajstić information content (AvgIpc) is 4.04. The van der Waals surface area contributed by atoms with E-state index in [0.29, 0.717) is 0 Å². The molecule has 10 aromatic carbocycles. The van der Waals surface area contributed by atoms with Gasteiger partial charge in [-0.3, -0.25) is 0 Å². The zero-order valence-electron chi connectivity index (χ0n) is 41.8. The maximum Gasteiger partial charge on any atom is -0.0000706 e. The van der Waals surface area contributed by atoms with Crippen LogP contribution < -0.4 is 0 Å². The minimum atomic E-state index is 1.21. The van der Waals surface area contributed by atoms with Gasteiger partial charge in [-0.2, -0.15) is 0 Å². The fraction of sp³-hybridized carbons (Fsp3) is 0.0833. The number of aryl methyl sites for hydroxylation is 6. The standard InChI is InChI=1S/C72H54/c1-43-19-31-49(32-20-43)61(50-33-21-44(2)22-34-50)64-55-13-7-10-16-58(55)67-70(64)68-59-17-11-8-14-56(59)65(62(51-35-23-45(3)24-36-51)52-37-25-46(4)26-38-52)72(68)69-60-18-12-9-15-57(60)66(71(67)69)63(53-39-27-47(5)28-40-53)54-41-29-48(6)30-42-54/h7-42H,1-6H3. The van der Waals surface area contributed by atoms with Crippen LogP contribution in [0.2, 0.25) is 0 Å². The predicted molar refractivity (Wildman–Crippen MR) is 305 cm³/mol. The fourth-order valence-corrected chi connectivity index (χ4v) is 11.9. The topological polar surface area (TPSA) is 0 Å². The summed E-state index contributed by atoms with van der Waals surface area (Å²) in [6.07, 6.45) is 0. The van der Waals surface area contributed by atoms with E-state index >= 15 is 0 Å². The van der Waals surface area contributed by atoms with Crippen LogP contribution in [0.5, 0.6) is 0 Å². The van der Waals surface area contributed by atoms with Crippen LogP contribution in [0.3, 0.4) is 0 Å². The molecule has 0 bridgehead atoms. The summed E-state index contributed by atoms with van der Waals surface area (Å²) in [4.78, 5) is 0. The highest BCUT2D eigenvalue weighted by Crippen LogP contribution is 2.66. The zero-order valence-corrected chi connectivity index (χ0v) is 41.8. The number of hydrogen-bond acceptors (Lipinski definition) is 0. The number of fused-ring (bicyclic) bond motifs is 12. The zero-order chi connectivity index (χ0) is 48.8. The molecule has 0 heterocycles. The Labute approximate surface area is 424 Å². The Morgan fingerprint density at radius 2 is 0.347 bits per heavy atom. The predicted octanol–water partition coefficient (Wildman–Crippen LogP) is 18.5. The van der Waals surface area contributed by atoms with Crippen molar-refractivity contribution in [2.45, 2.75) is 41.5 Å². The fourth-order valence-electron chi connectivity index (χ4n) is 11.9. The van der Waals surface area contributed by atoms with Crippen LogP contribution in [0.15, 0.2) is 218 Å². The quantitative estimate of drug-likeness (QED) is 0.156. The highest BCUT2D eigenvalue weighted by Gasteiger charge is 2.45. The second-order valence-corrected chi connectivity index (χ2v) is 20.3. The van der Waals surface area contributed by atoms with Gasteiger partial charge in [0.1, 0.15) is 0 Å². The summed E-state index contributed by atoms with van der Waals surface area (Å²) in [7, 11) is 0. The van der Waals surface area contributed by atoms with Crippen molar-refractivity contribution in [3.05, 3.63) is 319 Å². The normalized spacial score (nSPS) is 12.5. The molecule has 0 heteroatoms. The van der Waals surface area contributed by atoms with Crippen LogP contribution in [0.25, 0.3) is 66.8 Å². The summed E-state index contributed by atoms with van der Waals surface area (Å²) >= 11 is 0. The molecule has 13 rings (SSSR count). The highest BCUT2D eigenvalue weighted by atomic mass is 14.5. The molecule has 0 saturated heterocycles. The Bertz CT molecular complexity index is 3340. The summed E-state index contributed by atoms with van der Waals surface area (Å²) < 4.78 is 0. The van der Waals surface area contributed by atoms with E-state index in [0.717, 1.165) is 0 Å². The molecule has 3 aliphatic rings. The van der Waals surface area contributed by atoms with Crippen molar-refractivity contribution in [3.63, 3.8) is 0 Å². The highest BCUT2D eigenvalue weighted by molar-refractivity contribution is 6.30. The summed E-state index contributed by atoms with van der Waals surface area (Å²) in [5, 5.41) is 0. The Balaban J connectivity index is 1.32. The van der Waals surface area contributed by atoms with Gasteiger partial charge in [-0.25, -0.2) is 0 Å². The second-order valence-electron chi connectivity index (χ2n) is 20.3. The third-order valence-electron chi connectivity index (χ3n) is 15.4. The Kier molecular flexibility index (Phi) is 10.3. The van der Waals surface area contributed by atoms with E-state index in [4.69, 9.17) is 0 Å². The van der Waals surface area contributed by atoms with Gasteiger partial charge in [0.05, 0.1) is 0 Å². The third-order valence-corrected chi connectivity index (χ3v) is 15.4. The van der Waals surface area contributed by atoms with Crippen molar-refractivity contribution in [1.29, 1.82) is 0 Å². The van der Waals surface area contributed by atoms with E-state index in [1.165, 1.54) is 167 Å². The van der Waals surface area contributed by atoms with E-state index in [1.807, 2.05) is 0 Å². The van der Waals surface area contributed by atoms with Crippen LogP contribution in [-0.2, 0) is 0 Å². The van der Waals surface area contributed by atoms with E-state index in [2.05, 4.69) is 260 Å². The Hall–Kier alpha value is -8.58. The number of rotatable bonds is 6. The molecule has 0 amide bonds.